The number of nitrogens with one attached hydrogen (secondary N) is 1. The average Bonchev–Trinajstić information content (AvgIpc) is 2.75. The van der Waals surface area contributed by atoms with E-state index in [0.29, 0.717) is 29.6 Å². The lowest BCUT2D eigenvalue weighted by atomic mass is 9.86. The minimum atomic E-state index is -0.0827. The summed E-state index contributed by atoms with van der Waals surface area (Å²) in [5.74, 6) is 1.42. The Bertz CT molecular complexity index is 700. The van der Waals surface area contributed by atoms with Crippen molar-refractivity contribution in [3.63, 3.8) is 0 Å². The van der Waals surface area contributed by atoms with Crippen LogP contribution in [0.25, 0.3) is 0 Å². The quantitative estimate of drug-likeness (QED) is 0.754. The second-order valence-corrected chi connectivity index (χ2v) is 8.17. The zero-order chi connectivity index (χ0) is 20.6. The molecular formula is C23H34N2O4. The molecule has 6 nitrogen and oxygen atoms in total. The van der Waals surface area contributed by atoms with Crippen LogP contribution in [-0.2, 0) is 4.79 Å². The molecule has 1 saturated carbocycles. The van der Waals surface area contributed by atoms with Crippen LogP contribution in [0.4, 0.5) is 0 Å². The molecule has 0 spiro atoms. The summed E-state index contributed by atoms with van der Waals surface area (Å²) >= 11 is 0. The number of hydrogen-bond acceptors (Lipinski definition) is 4. The van der Waals surface area contributed by atoms with Gasteiger partial charge in [-0.15, -0.1) is 0 Å². The third-order valence-electron chi connectivity index (χ3n) is 5.99. The van der Waals surface area contributed by atoms with Crippen LogP contribution in [-0.4, -0.2) is 49.1 Å². The molecule has 2 atom stereocenters. The second kappa shape index (κ2) is 10.5. The van der Waals surface area contributed by atoms with E-state index in [0.717, 1.165) is 45.2 Å². The van der Waals surface area contributed by atoms with Gasteiger partial charge in [0.05, 0.1) is 6.61 Å². The average molecular weight is 403 g/mol. The Morgan fingerprint density at radius 3 is 2.52 bits per heavy atom. The van der Waals surface area contributed by atoms with Gasteiger partial charge in [0.2, 0.25) is 0 Å². The number of carbonyl (C=O) groups excluding carboxylic acids is 2. The van der Waals surface area contributed by atoms with E-state index in [2.05, 4.69) is 12.2 Å². The van der Waals surface area contributed by atoms with Crippen LogP contribution in [0.2, 0.25) is 0 Å². The summed E-state index contributed by atoms with van der Waals surface area (Å²) in [5, 5.41) is 3.17. The number of hydrogen-bond donors (Lipinski definition) is 1. The van der Waals surface area contributed by atoms with Crippen molar-refractivity contribution in [1.29, 1.82) is 0 Å². The van der Waals surface area contributed by atoms with Gasteiger partial charge in [0.1, 0.15) is 0 Å². The molecule has 1 aromatic carbocycles. The van der Waals surface area contributed by atoms with E-state index in [1.807, 2.05) is 11.8 Å². The SMILES string of the molecule is CCOc1cc(C(=O)NC2CCCCC2C)ccc1OCC(=O)N1CCCCC1. The summed E-state index contributed by atoms with van der Waals surface area (Å²) in [4.78, 5) is 27.0. The van der Waals surface area contributed by atoms with Crippen molar-refractivity contribution in [2.75, 3.05) is 26.3 Å². The van der Waals surface area contributed by atoms with Crippen molar-refractivity contribution in [3.05, 3.63) is 23.8 Å². The van der Waals surface area contributed by atoms with Crippen molar-refractivity contribution in [3.8, 4) is 11.5 Å². The first-order valence-electron chi connectivity index (χ1n) is 11.1. The zero-order valence-corrected chi connectivity index (χ0v) is 17.7. The molecule has 6 heteroatoms. The highest BCUT2D eigenvalue weighted by atomic mass is 16.5. The Balaban J connectivity index is 1.62. The van der Waals surface area contributed by atoms with Crippen molar-refractivity contribution >= 4 is 11.8 Å². The van der Waals surface area contributed by atoms with Gasteiger partial charge >= 0.3 is 0 Å². The van der Waals surface area contributed by atoms with Gasteiger partial charge in [0.25, 0.3) is 11.8 Å². The van der Waals surface area contributed by atoms with E-state index < -0.39 is 0 Å². The molecule has 1 aliphatic heterocycles. The predicted molar refractivity (Wildman–Crippen MR) is 112 cm³/mol. The minimum Gasteiger partial charge on any atom is -0.490 e. The fraction of sp³-hybridized carbons (Fsp3) is 0.652. The lowest BCUT2D eigenvalue weighted by molar-refractivity contribution is -0.134. The van der Waals surface area contributed by atoms with Crippen LogP contribution in [0, 0.1) is 5.92 Å². The van der Waals surface area contributed by atoms with E-state index in [9.17, 15) is 9.59 Å². The molecule has 0 radical (unpaired) electrons. The van der Waals surface area contributed by atoms with Crippen LogP contribution in [0.1, 0.15) is 69.2 Å². The molecule has 2 amide bonds. The third-order valence-corrected chi connectivity index (χ3v) is 5.99. The molecule has 3 rings (SSSR count). The van der Waals surface area contributed by atoms with Gasteiger partial charge in [0, 0.05) is 24.7 Å². The highest BCUT2D eigenvalue weighted by Gasteiger charge is 2.24. The maximum absolute atomic E-state index is 12.7. The summed E-state index contributed by atoms with van der Waals surface area (Å²) in [6.45, 7) is 6.15. The molecule has 1 heterocycles. The van der Waals surface area contributed by atoms with Crippen LogP contribution in [0.15, 0.2) is 18.2 Å². The van der Waals surface area contributed by atoms with Gasteiger partial charge in [-0.2, -0.15) is 0 Å². The Morgan fingerprint density at radius 1 is 1.03 bits per heavy atom. The predicted octanol–water partition coefficient (Wildman–Crippen LogP) is 3.79. The molecule has 29 heavy (non-hydrogen) atoms. The number of carbonyl (C=O) groups is 2. The first-order valence-corrected chi connectivity index (χ1v) is 11.1. The van der Waals surface area contributed by atoms with Gasteiger partial charge < -0.3 is 19.7 Å². The number of nitrogens with zero attached hydrogens (tertiary/aromatic N) is 1. The van der Waals surface area contributed by atoms with Crippen LogP contribution in [0.5, 0.6) is 11.5 Å². The molecule has 2 unspecified atom stereocenters. The van der Waals surface area contributed by atoms with Crippen molar-refractivity contribution in [2.24, 2.45) is 5.92 Å². The molecule has 1 N–H and O–H groups in total. The van der Waals surface area contributed by atoms with Crippen LogP contribution < -0.4 is 14.8 Å². The largest absolute Gasteiger partial charge is 0.490 e. The lowest BCUT2D eigenvalue weighted by Gasteiger charge is -2.29. The van der Waals surface area contributed by atoms with Gasteiger partial charge in [0.15, 0.2) is 18.1 Å². The Labute approximate surface area is 173 Å². The Hall–Kier alpha value is -2.24. The van der Waals surface area contributed by atoms with E-state index in [1.54, 1.807) is 18.2 Å². The normalized spacial score (nSPS) is 22.1. The standard InChI is InChI=1S/C23H34N2O4/c1-3-28-21-15-18(23(27)24-19-10-6-5-9-17(19)2)11-12-20(21)29-16-22(26)25-13-7-4-8-14-25/h11-12,15,17,19H,3-10,13-14,16H2,1-2H3,(H,24,27). The van der Waals surface area contributed by atoms with Crippen LogP contribution >= 0.6 is 0 Å². The molecule has 1 aromatic rings. The van der Waals surface area contributed by atoms with Gasteiger partial charge in [-0.1, -0.05) is 19.8 Å². The number of amides is 2. The minimum absolute atomic E-state index is 0.000235. The maximum Gasteiger partial charge on any atom is 0.260 e. The van der Waals surface area contributed by atoms with Gasteiger partial charge in [-0.25, -0.2) is 0 Å². The molecule has 2 fully saturated rings. The van der Waals surface area contributed by atoms with E-state index in [4.69, 9.17) is 9.47 Å². The molecular weight excluding hydrogens is 368 g/mol. The Kier molecular flexibility index (Phi) is 7.78. The van der Waals surface area contributed by atoms with Crippen molar-refractivity contribution in [2.45, 2.75) is 64.8 Å². The number of rotatable bonds is 7. The molecule has 0 aromatic heterocycles. The number of likely N-dealkylation sites (tertiary alicyclic amines) is 1. The summed E-state index contributed by atoms with van der Waals surface area (Å²) < 4.78 is 11.4. The van der Waals surface area contributed by atoms with Gasteiger partial charge in [-0.3, -0.25) is 9.59 Å². The molecule has 1 saturated heterocycles. The summed E-state index contributed by atoms with van der Waals surface area (Å²) in [7, 11) is 0. The smallest absolute Gasteiger partial charge is 0.260 e. The summed E-state index contributed by atoms with van der Waals surface area (Å²) in [6.07, 6.45) is 7.89. The highest BCUT2D eigenvalue weighted by Crippen LogP contribution is 2.29. The summed E-state index contributed by atoms with van der Waals surface area (Å²) in [6, 6.07) is 5.41. The van der Waals surface area contributed by atoms with Crippen molar-refractivity contribution < 1.29 is 19.1 Å². The van der Waals surface area contributed by atoms with E-state index >= 15 is 0 Å². The molecule has 160 valence electrons. The molecule has 2 aliphatic rings. The molecule has 1 aliphatic carbocycles. The highest BCUT2D eigenvalue weighted by molar-refractivity contribution is 5.95. The number of ether oxygens (including phenoxy) is 2. The lowest BCUT2D eigenvalue weighted by Crippen LogP contribution is -2.41. The Morgan fingerprint density at radius 2 is 1.79 bits per heavy atom. The topological polar surface area (TPSA) is 67.9 Å². The fourth-order valence-electron chi connectivity index (χ4n) is 4.19. The third kappa shape index (κ3) is 5.87. The first kappa shape index (κ1) is 21.5. The fourth-order valence-corrected chi connectivity index (χ4v) is 4.19. The molecule has 0 bridgehead atoms. The summed E-state index contributed by atoms with van der Waals surface area (Å²) in [5.41, 5.74) is 0.556. The first-order chi connectivity index (χ1) is 14.1. The number of benzene rings is 1. The zero-order valence-electron chi connectivity index (χ0n) is 17.7. The van der Waals surface area contributed by atoms with E-state index in [1.165, 1.54) is 12.8 Å². The van der Waals surface area contributed by atoms with Crippen LogP contribution in [0.3, 0.4) is 0 Å². The van der Waals surface area contributed by atoms with E-state index in [-0.39, 0.29) is 24.5 Å². The second-order valence-electron chi connectivity index (χ2n) is 8.17. The number of piperidine rings is 1. The maximum atomic E-state index is 12.7. The van der Waals surface area contributed by atoms with Crippen molar-refractivity contribution in [1.82, 2.24) is 10.2 Å². The monoisotopic (exact) mass is 402 g/mol. The van der Waals surface area contributed by atoms with Gasteiger partial charge in [-0.05, 0) is 63.1 Å².